The highest BCUT2D eigenvalue weighted by molar-refractivity contribution is 6.32. The number of esters is 1. The lowest BCUT2D eigenvalue weighted by Crippen LogP contribution is -2.07. The van der Waals surface area contributed by atoms with Crippen LogP contribution < -0.4 is 9.47 Å². The molecule has 4 nitrogen and oxygen atoms in total. The molecule has 0 spiro atoms. The van der Waals surface area contributed by atoms with Gasteiger partial charge in [-0.15, -0.1) is 0 Å². The largest absolute Gasteiger partial charge is 0.490 e. The molecule has 0 N–H and O–H groups in total. The average molecular weight is 335 g/mol. The minimum atomic E-state index is -0.440. The van der Waals surface area contributed by atoms with Crippen molar-refractivity contribution in [3.8, 4) is 11.5 Å². The van der Waals surface area contributed by atoms with Crippen LogP contribution in [0.4, 0.5) is 0 Å². The molecular weight excluding hydrogens is 316 g/mol. The summed E-state index contributed by atoms with van der Waals surface area (Å²) >= 11 is 6.27. The molecule has 0 aromatic heterocycles. The number of carbonyl (C=O) groups excluding carboxylic acids is 1. The SMILES string of the molecule is CCOC(=O)c1cc(Cl)c(OCc2ccccc2)c(OCC)c1. The van der Waals surface area contributed by atoms with Crippen LogP contribution in [-0.4, -0.2) is 19.2 Å². The molecule has 122 valence electrons. The Balaban J connectivity index is 2.25. The Labute approximate surface area is 140 Å². The molecule has 0 atom stereocenters. The molecule has 0 aliphatic heterocycles. The van der Waals surface area contributed by atoms with E-state index in [0.717, 1.165) is 5.56 Å². The Hall–Kier alpha value is -2.20. The van der Waals surface area contributed by atoms with E-state index < -0.39 is 5.97 Å². The van der Waals surface area contributed by atoms with Gasteiger partial charge in [-0.05, 0) is 31.5 Å². The lowest BCUT2D eigenvalue weighted by atomic mass is 10.2. The second kappa shape index (κ2) is 8.44. The van der Waals surface area contributed by atoms with Crippen molar-refractivity contribution in [1.82, 2.24) is 0 Å². The molecule has 2 aromatic rings. The summed E-state index contributed by atoms with van der Waals surface area (Å²) in [7, 11) is 0. The van der Waals surface area contributed by atoms with Crippen LogP contribution in [0.5, 0.6) is 11.5 Å². The van der Waals surface area contributed by atoms with Crippen molar-refractivity contribution in [2.75, 3.05) is 13.2 Å². The molecule has 0 saturated heterocycles. The summed E-state index contributed by atoms with van der Waals surface area (Å²) in [5.74, 6) is 0.411. The third-order valence-electron chi connectivity index (χ3n) is 3.05. The van der Waals surface area contributed by atoms with Crippen LogP contribution in [0.15, 0.2) is 42.5 Å². The van der Waals surface area contributed by atoms with Crippen molar-refractivity contribution < 1.29 is 19.0 Å². The summed E-state index contributed by atoms with van der Waals surface area (Å²) in [5.41, 5.74) is 1.35. The van der Waals surface area contributed by atoms with E-state index in [9.17, 15) is 4.79 Å². The Morgan fingerprint density at radius 2 is 1.78 bits per heavy atom. The van der Waals surface area contributed by atoms with Crippen LogP contribution in [-0.2, 0) is 11.3 Å². The Morgan fingerprint density at radius 1 is 1.04 bits per heavy atom. The Bertz CT molecular complexity index is 656. The highest BCUT2D eigenvalue weighted by Crippen LogP contribution is 2.37. The summed E-state index contributed by atoms with van der Waals surface area (Å²) in [6.07, 6.45) is 0. The van der Waals surface area contributed by atoms with E-state index in [2.05, 4.69) is 0 Å². The maximum absolute atomic E-state index is 11.9. The molecule has 2 rings (SSSR count). The molecule has 0 aliphatic rings. The molecule has 0 aliphatic carbocycles. The van der Waals surface area contributed by atoms with Gasteiger partial charge in [0.1, 0.15) is 6.61 Å². The number of benzene rings is 2. The first-order valence-corrected chi connectivity index (χ1v) is 7.83. The van der Waals surface area contributed by atoms with E-state index in [1.165, 1.54) is 6.07 Å². The van der Waals surface area contributed by atoms with Crippen molar-refractivity contribution in [3.63, 3.8) is 0 Å². The molecule has 0 radical (unpaired) electrons. The van der Waals surface area contributed by atoms with Gasteiger partial charge in [-0.2, -0.15) is 0 Å². The molecule has 2 aromatic carbocycles. The molecule has 0 amide bonds. The van der Waals surface area contributed by atoms with Gasteiger partial charge < -0.3 is 14.2 Å². The zero-order valence-electron chi connectivity index (χ0n) is 13.2. The second-order valence-electron chi connectivity index (χ2n) is 4.71. The van der Waals surface area contributed by atoms with E-state index in [0.29, 0.717) is 41.9 Å². The molecule has 0 heterocycles. The van der Waals surface area contributed by atoms with E-state index in [1.54, 1.807) is 13.0 Å². The summed E-state index contributed by atoms with van der Waals surface area (Å²) < 4.78 is 16.3. The fraction of sp³-hybridized carbons (Fsp3) is 0.278. The van der Waals surface area contributed by atoms with Gasteiger partial charge in [0.05, 0.1) is 23.8 Å². The summed E-state index contributed by atoms with van der Waals surface area (Å²) in [6, 6.07) is 12.9. The number of ether oxygens (including phenoxy) is 3. The van der Waals surface area contributed by atoms with Gasteiger partial charge in [-0.1, -0.05) is 41.9 Å². The monoisotopic (exact) mass is 334 g/mol. The predicted molar refractivity (Wildman–Crippen MR) is 89.4 cm³/mol. The van der Waals surface area contributed by atoms with Crippen LogP contribution in [0.25, 0.3) is 0 Å². The lowest BCUT2D eigenvalue weighted by molar-refractivity contribution is 0.0525. The van der Waals surface area contributed by atoms with Crippen LogP contribution >= 0.6 is 11.6 Å². The van der Waals surface area contributed by atoms with Crippen molar-refractivity contribution in [2.24, 2.45) is 0 Å². The molecular formula is C18H19ClO4. The number of carbonyl (C=O) groups is 1. The zero-order valence-corrected chi connectivity index (χ0v) is 13.9. The van der Waals surface area contributed by atoms with E-state index >= 15 is 0 Å². The second-order valence-corrected chi connectivity index (χ2v) is 5.12. The number of hydrogen-bond donors (Lipinski definition) is 0. The van der Waals surface area contributed by atoms with Crippen LogP contribution in [0.2, 0.25) is 5.02 Å². The van der Waals surface area contributed by atoms with Crippen molar-refractivity contribution in [3.05, 3.63) is 58.6 Å². The number of hydrogen-bond acceptors (Lipinski definition) is 4. The Morgan fingerprint density at radius 3 is 2.43 bits per heavy atom. The van der Waals surface area contributed by atoms with Gasteiger partial charge in [-0.25, -0.2) is 4.79 Å². The zero-order chi connectivity index (χ0) is 16.7. The highest BCUT2D eigenvalue weighted by Gasteiger charge is 2.17. The minimum absolute atomic E-state index is 0.298. The van der Waals surface area contributed by atoms with Crippen molar-refractivity contribution in [2.45, 2.75) is 20.5 Å². The van der Waals surface area contributed by atoms with E-state index in [1.807, 2.05) is 37.3 Å². The predicted octanol–water partition coefficient (Wildman–Crippen LogP) is 4.49. The maximum Gasteiger partial charge on any atom is 0.338 e. The molecule has 0 bridgehead atoms. The van der Waals surface area contributed by atoms with Gasteiger partial charge in [0.15, 0.2) is 11.5 Å². The van der Waals surface area contributed by atoms with Gasteiger partial charge in [0.2, 0.25) is 0 Å². The summed E-state index contributed by atoms with van der Waals surface area (Å²) in [4.78, 5) is 11.9. The molecule has 5 heteroatoms. The van der Waals surface area contributed by atoms with Crippen LogP contribution in [0.1, 0.15) is 29.8 Å². The molecule has 0 unspecified atom stereocenters. The maximum atomic E-state index is 11.9. The molecule has 0 saturated carbocycles. The van der Waals surface area contributed by atoms with E-state index in [-0.39, 0.29) is 0 Å². The first kappa shape index (κ1) is 17.2. The van der Waals surface area contributed by atoms with Crippen molar-refractivity contribution >= 4 is 17.6 Å². The standard InChI is InChI=1S/C18H19ClO4/c1-3-21-16-11-14(18(20)22-4-2)10-15(19)17(16)23-12-13-8-6-5-7-9-13/h5-11H,3-4,12H2,1-2H3. The van der Waals surface area contributed by atoms with Gasteiger partial charge in [0.25, 0.3) is 0 Å². The number of rotatable bonds is 7. The van der Waals surface area contributed by atoms with Crippen molar-refractivity contribution in [1.29, 1.82) is 0 Å². The van der Waals surface area contributed by atoms with Crippen LogP contribution in [0.3, 0.4) is 0 Å². The van der Waals surface area contributed by atoms with Gasteiger partial charge in [0, 0.05) is 0 Å². The fourth-order valence-electron chi connectivity index (χ4n) is 2.03. The lowest BCUT2D eigenvalue weighted by Gasteiger charge is -2.15. The number of halogens is 1. The summed E-state index contributed by atoms with van der Waals surface area (Å²) in [6.45, 7) is 4.70. The first-order chi connectivity index (χ1) is 11.2. The first-order valence-electron chi connectivity index (χ1n) is 7.45. The fourth-order valence-corrected chi connectivity index (χ4v) is 2.30. The smallest absolute Gasteiger partial charge is 0.338 e. The summed E-state index contributed by atoms with van der Waals surface area (Å²) in [5, 5.41) is 0.315. The van der Waals surface area contributed by atoms with E-state index in [4.69, 9.17) is 25.8 Å². The minimum Gasteiger partial charge on any atom is -0.490 e. The van der Waals surface area contributed by atoms with Gasteiger partial charge >= 0.3 is 5.97 Å². The topological polar surface area (TPSA) is 44.8 Å². The highest BCUT2D eigenvalue weighted by atomic mass is 35.5. The normalized spacial score (nSPS) is 10.2. The average Bonchev–Trinajstić information content (AvgIpc) is 2.55. The third-order valence-corrected chi connectivity index (χ3v) is 3.33. The van der Waals surface area contributed by atoms with Crippen LogP contribution in [0, 0.1) is 0 Å². The Kier molecular flexibility index (Phi) is 6.29. The molecule has 0 fully saturated rings. The molecule has 23 heavy (non-hydrogen) atoms. The third kappa shape index (κ3) is 4.63. The van der Waals surface area contributed by atoms with Gasteiger partial charge in [-0.3, -0.25) is 0 Å². The quantitative estimate of drug-likeness (QED) is 0.700.